The van der Waals surface area contributed by atoms with E-state index in [0.29, 0.717) is 0 Å². The number of rotatable bonds is 6. The molecular weight excluding hydrogens is 308 g/mol. The average Bonchev–Trinajstić information content (AvgIpc) is 2.64. The topological polar surface area (TPSA) is 40.5 Å². The third-order valence-corrected chi connectivity index (χ3v) is 4.26. The maximum Gasteiger partial charge on any atom is 0.0726 e. The number of nitrogens with one attached hydrogen (secondary N) is 1. The molecule has 0 saturated heterocycles. The predicted octanol–water partition coefficient (Wildman–Crippen LogP) is 4.84. The Morgan fingerprint density at radius 3 is 2.48 bits per heavy atom. The summed E-state index contributed by atoms with van der Waals surface area (Å²) in [5, 5.41) is 5.47. The highest BCUT2D eigenvalue weighted by Gasteiger charge is 2.03. The van der Waals surface area contributed by atoms with E-state index in [0.717, 1.165) is 40.9 Å². The summed E-state index contributed by atoms with van der Waals surface area (Å²) >= 11 is 0. The van der Waals surface area contributed by atoms with Crippen LogP contribution < -0.4 is 10.3 Å². The molecule has 25 heavy (non-hydrogen) atoms. The van der Waals surface area contributed by atoms with Crippen LogP contribution in [0.5, 0.6) is 0 Å². The Morgan fingerprint density at radius 1 is 1.04 bits per heavy atom. The van der Waals surface area contributed by atoms with Crippen LogP contribution in [0.2, 0.25) is 0 Å². The summed E-state index contributed by atoms with van der Waals surface area (Å²) in [6, 6.07) is 18.6. The molecule has 0 bridgehead atoms. The number of hydrazone groups is 1. The molecule has 0 aliphatic heterocycles. The van der Waals surface area contributed by atoms with E-state index in [1.54, 1.807) is 0 Å². The second-order valence-electron chi connectivity index (χ2n) is 5.96. The van der Waals surface area contributed by atoms with Gasteiger partial charge in [-0.05, 0) is 50.6 Å². The van der Waals surface area contributed by atoms with Crippen LogP contribution in [0.1, 0.15) is 25.1 Å². The molecule has 0 amide bonds. The number of aryl methyl sites for hydroxylation is 1. The molecule has 1 N–H and O–H groups in total. The van der Waals surface area contributed by atoms with Crippen molar-refractivity contribution >= 4 is 28.5 Å². The average molecular weight is 332 g/mol. The minimum absolute atomic E-state index is 0.971. The Kier molecular flexibility index (Phi) is 5.29. The second-order valence-corrected chi connectivity index (χ2v) is 5.96. The molecule has 0 spiro atoms. The molecular formula is C21H24N4. The van der Waals surface area contributed by atoms with Crippen molar-refractivity contribution in [1.82, 2.24) is 4.98 Å². The van der Waals surface area contributed by atoms with Gasteiger partial charge in [-0.1, -0.05) is 30.3 Å². The first-order chi connectivity index (χ1) is 12.2. The molecule has 4 nitrogen and oxygen atoms in total. The number of para-hydroxylation sites is 1. The minimum atomic E-state index is 0.971. The van der Waals surface area contributed by atoms with Gasteiger partial charge in [-0.25, -0.2) is 0 Å². The van der Waals surface area contributed by atoms with Gasteiger partial charge in [0.15, 0.2) is 0 Å². The third kappa shape index (κ3) is 3.97. The highest BCUT2D eigenvalue weighted by Crippen LogP contribution is 2.22. The molecule has 1 heterocycles. The molecule has 128 valence electrons. The van der Waals surface area contributed by atoms with Gasteiger partial charge in [-0.2, -0.15) is 5.10 Å². The number of aromatic nitrogens is 1. The van der Waals surface area contributed by atoms with E-state index in [4.69, 9.17) is 0 Å². The molecule has 2 aromatic carbocycles. The molecule has 3 aromatic rings. The standard InChI is InChI=1S/C21H24N4/c1-4-25(5-2)18-12-10-17(11-13-18)15-22-24-21-14-16(3)23-20-9-7-6-8-19(20)21/h6-15H,4-5H2,1-3H3,(H,23,24)/b22-15+. The third-order valence-electron chi connectivity index (χ3n) is 4.26. The maximum atomic E-state index is 4.55. The van der Waals surface area contributed by atoms with Gasteiger partial charge >= 0.3 is 0 Å². The Bertz CT molecular complexity index is 865. The zero-order valence-electron chi connectivity index (χ0n) is 15.0. The van der Waals surface area contributed by atoms with Crippen molar-refractivity contribution in [2.75, 3.05) is 23.4 Å². The summed E-state index contributed by atoms with van der Waals surface area (Å²) in [6.45, 7) is 8.36. The first-order valence-electron chi connectivity index (χ1n) is 8.71. The predicted molar refractivity (Wildman–Crippen MR) is 108 cm³/mol. The van der Waals surface area contributed by atoms with Crippen molar-refractivity contribution in [2.45, 2.75) is 20.8 Å². The van der Waals surface area contributed by atoms with Gasteiger partial charge in [0.25, 0.3) is 0 Å². The fourth-order valence-corrected chi connectivity index (χ4v) is 2.94. The monoisotopic (exact) mass is 332 g/mol. The number of anilines is 2. The second kappa shape index (κ2) is 7.79. The Balaban J connectivity index is 1.75. The summed E-state index contributed by atoms with van der Waals surface area (Å²) in [5.41, 5.74) is 8.38. The largest absolute Gasteiger partial charge is 0.372 e. The normalized spacial score (nSPS) is 11.2. The number of fused-ring (bicyclic) bond motifs is 1. The van der Waals surface area contributed by atoms with Crippen LogP contribution in [0, 0.1) is 6.92 Å². The van der Waals surface area contributed by atoms with Crippen LogP contribution in [-0.4, -0.2) is 24.3 Å². The van der Waals surface area contributed by atoms with E-state index in [9.17, 15) is 0 Å². The first kappa shape index (κ1) is 17.0. The molecule has 0 saturated carbocycles. The van der Waals surface area contributed by atoms with E-state index < -0.39 is 0 Å². The van der Waals surface area contributed by atoms with Gasteiger partial charge in [0.05, 0.1) is 17.4 Å². The molecule has 0 atom stereocenters. The van der Waals surface area contributed by atoms with Crippen molar-refractivity contribution in [3.8, 4) is 0 Å². The van der Waals surface area contributed by atoms with Crippen LogP contribution in [0.4, 0.5) is 11.4 Å². The fraction of sp³-hybridized carbons (Fsp3) is 0.238. The summed E-state index contributed by atoms with van der Waals surface area (Å²) in [6.07, 6.45) is 1.84. The van der Waals surface area contributed by atoms with E-state index in [2.05, 4.69) is 64.6 Å². The zero-order valence-corrected chi connectivity index (χ0v) is 15.0. The van der Waals surface area contributed by atoms with Crippen molar-refractivity contribution in [1.29, 1.82) is 0 Å². The molecule has 0 aliphatic carbocycles. The van der Waals surface area contributed by atoms with Gasteiger partial charge in [0.2, 0.25) is 0 Å². The lowest BCUT2D eigenvalue weighted by molar-refractivity contribution is 0.866. The Morgan fingerprint density at radius 2 is 1.76 bits per heavy atom. The number of hydrogen-bond acceptors (Lipinski definition) is 4. The number of nitrogens with zero attached hydrogens (tertiary/aromatic N) is 3. The van der Waals surface area contributed by atoms with Gasteiger partial charge < -0.3 is 4.90 Å². The van der Waals surface area contributed by atoms with E-state index in [1.807, 2.05) is 37.4 Å². The highest BCUT2D eigenvalue weighted by molar-refractivity contribution is 5.92. The van der Waals surface area contributed by atoms with Gasteiger partial charge in [-0.15, -0.1) is 0 Å². The molecule has 0 radical (unpaired) electrons. The summed E-state index contributed by atoms with van der Waals surface area (Å²) in [7, 11) is 0. The molecule has 0 unspecified atom stereocenters. The lowest BCUT2D eigenvalue weighted by atomic mass is 10.1. The van der Waals surface area contributed by atoms with Gasteiger partial charge in [-0.3, -0.25) is 10.4 Å². The molecule has 0 fully saturated rings. The van der Waals surface area contributed by atoms with Crippen molar-refractivity contribution in [2.24, 2.45) is 5.10 Å². The number of pyridine rings is 1. The van der Waals surface area contributed by atoms with Crippen LogP contribution in [0.25, 0.3) is 10.9 Å². The van der Waals surface area contributed by atoms with Crippen LogP contribution >= 0.6 is 0 Å². The maximum absolute atomic E-state index is 4.55. The highest BCUT2D eigenvalue weighted by atomic mass is 15.3. The van der Waals surface area contributed by atoms with Gasteiger partial charge in [0.1, 0.15) is 0 Å². The van der Waals surface area contributed by atoms with E-state index >= 15 is 0 Å². The fourth-order valence-electron chi connectivity index (χ4n) is 2.94. The Labute approximate surface area is 149 Å². The SMILES string of the molecule is CCN(CC)c1ccc(/C=N/Nc2cc(C)nc3ccccc23)cc1. The van der Waals surface area contributed by atoms with Crippen LogP contribution in [0.15, 0.2) is 59.7 Å². The van der Waals surface area contributed by atoms with Crippen LogP contribution in [0.3, 0.4) is 0 Å². The smallest absolute Gasteiger partial charge is 0.0726 e. The van der Waals surface area contributed by atoms with E-state index in [-0.39, 0.29) is 0 Å². The number of benzene rings is 2. The minimum Gasteiger partial charge on any atom is -0.372 e. The Hall–Kier alpha value is -2.88. The molecule has 1 aromatic heterocycles. The van der Waals surface area contributed by atoms with Crippen molar-refractivity contribution in [3.63, 3.8) is 0 Å². The number of hydrogen-bond donors (Lipinski definition) is 1. The van der Waals surface area contributed by atoms with Crippen molar-refractivity contribution in [3.05, 3.63) is 65.9 Å². The quantitative estimate of drug-likeness (QED) is 0.519. The molecule has 4 heteroatoms. The van der Waals surface area contributed by atoms with Crippen LogP contribution in [-0.2, 0) is 0 Å². The van der Waals surface area contributed by atoms with Gasteiger partial charge in [0, 0.05) is 29.9 Å². The van der Waals surface area contributed by atoms with Crippen molar-refractivity contribution < 1.29 is 0 Å². The molecule has 0 aliphatic rings. The summed E-state index contributed by atoms with van der Waals surface area (Å²) in [4.78, 5) is 6.87. The molecule has 3 rings (SSSR count). The summed E-state index contributed by atoms with van der Waals surface area (Å²) < 4.78 is 0. The van der Waals surface area contributed by atoms with E-state index in [1.165, 1.54) is 5.69 Å². The lowest BCUT2D eigenvalue weighted by Gasteiger charge is -2.20. The first-order valence-corrected chi connectivity index (χ1v) is 8.71. The zero-order chi connectivity index (χ0) is 17.6. The lowest BCUT2D eigenvalue weighted by Crippen LogP contribution is -2.21. The summed E-state index contributed by atoms with van der Waals surface area (Å²) in [5.74, 6) is 0.